The summed E-state index contributed by atoms with van der Waals surface area (Å²) < 4.78 is 4.74. The molecule has 1 aromatic rings. The van der Waals surface area contributed by atoms with Crippen molar-refractivity contribution in [3.63, 3.8) is 0 Å². The first kappa shape index (κ1) is 17.0. The predicted octanol–water partition coefficient (Wildman–Crippen LogP) is 2.16. The van der Waals surface area contributed by atoms with Crippen LogP contribution in [0.3, 0.4) is 0 Å². The summed E-state index contributed by atoms with van der Waals surface area (Å²) in [6.45, 7) is 3.02. The van der Waals surface area contributed by atoms with Gasteiger partial charge in [-0.1, -0.05) is 29.3 Å². The summed E-state index contributed by atoms with van der Waals surface area (Å²) in [6, 6.07) is 3.46. The summed E-state index contributed by atoms with van der Waals surface area (Å²) in [5, 5.41) is 4.81. The molecule has 0 aliphatic carbocycles. The lowest BCUT2D eigenvalue weighted by Gasteiger charge is -2.06. The van der Waals surface area contributed by atoms with E-state index < -0.39 is 24.5 Å². The van der Waals surface area contributed by atoms with Gasteiger partial charge in [-0.15, -0.1) is 6.58 Å². The first-order valence-electron chi connectivity index (χ1n) is 5.74. The summed E-state index contributed by atoms with van der Waals surface area (Å²) in [5.74, 6) is -1.51. The minimum absolute atomic E-state index is 0.147. The number of carbonyl (C=O) groups is 3. The van der Waals surface area contributed by atoms with Crippen LogP contribution in [0.5, 0.6) is 0 Å². The van der Waals surface area contributed by atoms with E-state index in [1.807, 2.05) is 5.32 Å². The highest BCUT2D eigenvalue weighted by atomic mass is 35.5. The van der Waals surface area contributed by atoms with Crippen LogP contribution in [-0.2, 0) is 9.53 Å². The fraction of sp³-hybridized carbons (Fsp3) is 0.154. The van der Waals surface area contributed by atoms with Gasteiger partial charge in [0.05, 0.1) is 15.6 Å². The number of hydrogen-bond donors (Lipinski definition) is 2. The lowest BCUT2D eigenvalue weighted by atomic mass is 10.2. The molecule has 0 fully saturated rings. The van der Waals surface area contributed by atoms with Crippen molar-refractivity contribution in [2.75, 3.05) is 13.2 Å². The van der Waals surface area contributed by atoms with Gasteiger partial charge in [0.1, 0.15) is 0 Å². The Morgan fingerprint density at radius 1 is 1.24 bits per heavy atom. The highest BCUT2D eigenvalue weighted by molar-refractivity contribution is 6.42. The van der Waals surface area contributed by atoms with Gasteiger partial charge in [0.2, 0.25) is 0 Å². The van der Waals surface area contributed by atoms with Crippen molar-refractivity contribution in [1.29, 1.82) is 0 Å². The van der Waals surface area contributed by atoms with E-state index in [2.05, 4.69) is 11.9 Å². The summed E-state index contributed by atoms with van der Waals surface area (Å²) in [7, 11) is 0. The SMILES string of the molecule is C=CCNC(=O)NC(=O)COC(=O)c1ccc(Cl)c(Cl)c1. The maximum atomic E-state index is 11.7. The molecule has 0 saturated heterocycles. The van der Waals surface area contributed by atoms with Gasteiger partial charge in [-0.2, -0.15) is 0 Å². The third-order valence-corrected chi connectivity index (χ3v) is 2.89. The number of rotatable bonds is 5. The first-order valence-corrected chi connectivity index (χ1v) is 6.50. The minimum Gasteiger partial charge on any atom is -0.452 e. The van der Waals surface area contributed by atoms with Crippen LogP contribution in [-0.4, -0.2) is 31.1 Å². The Kier molecular flexibility index (Phi) is 6.71. The Morgan fingerprint density at radius 2 is 1.95 bits per heavy atom. The van der Waals surface area contributed by atoms with Gasteiger partial charge in [0, 0.05) is 6.54 Å². The molecule has 0 spiro atoms. The zero-order valence-electron chi connectivity index (χ0n) is 10.8. The van der Waals surface area contributed by atoms with Crippen LogP contribution >= 0.6 is 23.2 Å². The summed E-state index contributed by atoms with van der Waals surface area (Å²) in [6.07, 6.45) is 1.45. The maximum absolute atomic E-state index is 11.7. The molecule has 0 aromatic heterocycles. The normalized spacial score (nSPS) is 9.62. The van der Waals surface area contributed by atoms with Crippen molar-refractivity contribution < 1.29 is 19.1 Å². The molecule has 0 atom stereocenters. The number of hydrogen-bond acceptors (Lipinski definition) is 4. The van der Waals surface area contributed by atoms with E-state index in [9.17, 15) is 14.4 Å². The Morgan fingerprint density at radius 3 is 2.57 bits per heavy atom. The van der Waals surface area contributed by atoms with Crippen LogP contribution < -0.4 is 10.6 Å². The molecular weight excluding hydrogens is 319 g/mol. The molecule has 21 heavy (non-hydrogen) atoms. The molecule has 0 heterocycles. The van der Waals surface area contributed by atoms with Crippen molar-refractivity contribution in [1.82, 2.24) is 10.6 Å². The second-order valence-corrected chi connectivity index (χ2v) is 4.57. The number of halogens is 2. The molecule has 8 heteroatoms. The van der Waals surface area contributed by atoms with Crippen molar-refractivity contribution in [3.05, 3.63) is 46.5 Å². The molecule has 0 aliphatic heterocycles. The fourth-order valence-electron chi connectivity index (χ4n) is 1.21. The fourth-order valence-corrected chi connectivity index (χ4v) is 1.51. The zero-order chi connectivity index (χ0) is 15.8. The van der Waals surface area contributed by atoms with E-state index in [4.69, 9.17) is 27.9 Å². The Hall–Kier alpha value is -2.05. The number of esters is 1. The molecule has 1 rings (SSSR count). The van der Waals surface area contributed by atoms with Crippen LogP contribution in [0.25, 0.3) is 0 Å². The number of urea groups is 1. The van der Waals surface area contributed by atoms with E-state index in [0.717, 1.165) is 0 Å². The van der Waals surface area contributed by atoms with Gasteiger partial charge >= 0.3 is 12.0 Å². The average molecular weight is 331 g/mol. The van der Waals surface area contributed by atoms with E-state index >= 15 is 0 Å². The average Bonchev–Trinajstić information content (AvgIpc) is 2.45. The maximum Gasteiger partial charge on any atom is 0.338 e. The Bertz CT molecular complexity index is 575. The highest BCUT2D eigenvalue weighted by Gasteiger charge is 2.13. The number of nitrogens with one attached hydrogen (secondary N) is 2. The molecule has 0 unspecified atom stereocenters. The Labute approximate surface area is 131 Å². The predicted molar refractivity (Wildman–Crippen MR) is 78.5 cm³/mol. The van der Waals surface area contributed by atoms with Gasteiger partial charge < -0.3 is 10.1 Å². The van der Waals surface area contributed by atoms with Gasteiger partial charge in [0.25, 0.3) is 5.91 Å². The standard InChI is InChI=1S/C13H12Cl2N2O4/c1-2-5-16-13(20)17-11(18)7-21-12(19)8-3-4-9(14)10(15)6-8/h2-4,6H,1,5,7H2,(H2,16,17,18,20). The van der Waals surface area contributed by atoms with Crippen LogP contribution in [0.15, 0.2) is 30.9 Å². The largest absolute Gasteiger partial charge is 0.452 e. The lowest BCUT2D eigenvalue weighted by Crippen LogP contribution is -2.41. The summed E-state index contributed by atoms with van der Waals surface area (Å²) in [5.41, 5.74) is 0.147. The zero-order valence-corrected chi connectivity index (χ0v) is 12.3. The van der Waals surface area contributed by atoms with E-state index in [-0.39, 0.29) is 17.1 Å². The molecule has 0 saturated carbocycles. The van der Waals surface area contributed by atoms with Crippen molar-refractivity contribution in [2.24, 2.45) is 0 Å². The van der Waals surface area contributed by atoms with Crippen LogP contribution in [0.1, 0.15) is 10.4 Å². The third kappa shape index (κ3) is 5.85. The van der Waals surface area contributed by atoms with Crippen LogP contribution in [0.2, 0.25) is 10.0 Å². The van der Waals surface area contributed by atoms with Crippen LogP contribution in [0.4, 0.5) is 4.79 Å². The van der Waals surface area contributed by atoms with E-state index in [1.165, 1.54) is 24.3 Å². The number of imide groups is 1. The molecule has 112 valence electrons. The van der Waals surface area contributed by atoms with E-state index in [1.54, 1.807) is 0 Å². The molecule has 3 amide bonds. The van der Waals surface area contributed by atoms with Crippen molar-refractivity contribution in [3.8, 4) is 0 Å². The molecule has 2 N–H and O–H groups in total. The van der Waals surface area contributed by atoms with E-state index in [0.29, 0.717) is 5.02 Å². The van der Waals surface area contributed by atoms with Crippen molar-refractivity contribution >= 4 is 41.1 Å². The first-order chi connectivity index (χ1) is 9.93. The second-order valence-electron chi connectivity index (χ2n) is 3.75. The molecule has 6 nitrogen and oxygen atoms in total. The van der Waals surface area contributed by atoms with Gasteiger partial charge in [-0.25, -0.2) is 9.59 Å². The quantitative estimate of drug-likeness (QED) is 0.640. The number of amides is 3. The van der Waals surface area contributed by atoms with Gasteiger partial charge in [0.15, 0.2) is 6.61 Å². The smallest absolute Gasteiger partial charge is 0.338 e. The highest BCUT2D eigenvalue weighted by Crippen LogP contribution is 2.22. The minimum atomic E-state index is -0.759. The van der Waals surface area contributed by atoms with Gasteiger partial charge in [-0.3, -0.25) is 10.1 Å². The van der Waals surface area contributed by atoms with Crippen molar-refractivity contribution in [2.45, 2.75) is 0 Å². The number of carbonyl (C=O) groups excluding carboxylic acids is 3. The molecular formula is C13H12Cl2N2O4. The van der Waals surface area contributed by atoms with Gasteiger partial charge in [-0.05, 0) is 18.2 Å². The number of ether oxygens (including phenoxy) is 1. The second kappa shape index (κ2) is 8.28. The molecule has 0 bridgehead atoms. The summed E-state index contributed by atoms with van der Waals surface area (Å²) in [4.78, 5) is 34.1. The third-order valence-electron chi connectivity index (χ3n) is 2.15. The molecule has 0 aliphatic rings. The molecule has 1 aromatic carbocycles. The monoisotopic (exact) mass is 330 g/mol. The van der Waals surface area contributed by atoms with Crippen LogP contribution in [0, 0.1) is 0 Å². The Balaban J connectivity index is 2.45. The topological polar surface area (TPSA) is 84.5 Å². The summed E-state index contributed by atoms with van der Waals surface area (Å²) >= 11 is 11.5. The lowest BCUT2D eigenvalue weighted by molar-refractivity contribution is -0.123. The molecule has 0 radical (unpaired) electrons. The number of benzene rings is 1.